The van der Waals surface area contributed by atoms with E-state index in [9.17, 15) is 14.0 Å². The standard InChI is InChI=1S/C15H19ClFN3O2/c16-12-2-1-3-13(17)11(12)7-15(22)20-9(6-14(19)21)4-5-10(20)8-18/h1-3,9-10H,4-8,18H2,(H2,19,21)/t9-,10+/m1/s1. The maximum absolute atomic E-state index is 13.8. The summed E-state index contributed by atoms with van der Waals surface area (Å²) in [7, 11) is 0. The lowest BCUT2D eigenvalue weighted by Gasteiger charge is -2.29. The molecule has 0 spiro atoms. The minimum atomic E-state index is -0.518. The third-order valence-electron chi connectivity index (χ3n) is 4.01. The number of amides is 2. The Morgan fingerprint density at radius 2 is 2.00 bits per heavy atom. The predicted octanol–water partition coefficient (Wildman–Crippen LogP) is 1.22. The van der Waals surface area contributed by atoms with E-state index in [1.54, 1.807) is 11.0 Å². The Morgan fingerprint density at radius 3 is 2.59 bits per heavy atom. The van der Waals surface area contributed by atoms with E-state index < -0.39 is 11.7 Å². The Kier molecular flexibility index (Phi) is 5.37. The van der Waals surface area contributed by atoms with Gasteiger partial charge in [-0.1, -0.05) is 17.7 Å². The monoisotopic (exact) mass is 327 g/mol. The molecule has 0 bridgehead atoms. The number of nitrogens with zero attached hydrogens (tertiary/aromatic N) is 1. The molecule has 1 heterocycles. The maximum atomic E-state index is 13.8. The fraction of sp³-hybridized carbons (Fsp3) is 0.467. The molecule has 7 heteroatoms. The molecule has 1 aromatic rings. The van der Waals surface area contributed by atoms with Gasteiger partial charge in [0.2, 0.25) is 11.8 Å². The van der Waals surface area contributed by atoms with Gasteiger partial charge in [0.05, 0.1) is 6.42 Å². The molecule has 0 aromatic heterocycles. The highest BCUT2D eigenvalue weighted by Crippen LogP contribution is 2.28. The van der Waals surface area contributed by atoms with Crippen LogP contribution in [0.1, 0.15) is 24.8 Å². The van der Waals surface area contributed by atoms with Crippen molar-refractivity contribution in [3.05, 3.63) is 34.6 Å². The molecule has 0 radical (unpaired) electrons. The molecule has 1 saturated heterocycles. The van der Waals surface area contributed by atoms with Crippen LogP contribution < -0.4 is 11.5 Å². The predicted molar refractivity (Wildman–Crippen MR) is 81.6 cm³/mol. The third kappa shape index (κ3) is 3.56. The quantitative estimate of drug-likeness (QED) is 0.852. The van der Waals surface area contributed by atoms with Crippen molar-refractivity contribution >= 4 is 23.4 Å². The van der Waals surface area contributed by atoms with Crippen molar-refractivity contribution in [2.45, 2.75) is 37.8 Å². The Bertz CT molecular complexity index is 562. The van der Waals surface area contributed by atoms with Crippen LogP contribution in [0.4, 0.5) is 4.39 Å². The molecular weight excluding hydrogens is 309 g/mol. The van der Waals surface area contributed by atoms with Gasteiger partial charge in [-0.3, -0.25) is 9.59 Å². The summed E-state index contributed by atoms with van der Waals surface area (Å²) in [5.74, 6) is -1.27. The van der Waals surface area contributed by atoms with Crippen molar-refractivity contribution in [3.8, 4) is 0 Å². The number of nitrogens with two attached hydrogens (primary N) is 2. The Balaban J connectivity index is 2.19. The van der Waals surface area contributed by atoms with Gasteiger partial charge in [0.25, 0.3) is 0 Å². The zero-order valence-corrected chi connectivity index (χ0v) is 12.9. The Hall–Kier alpha value is -1.66. The number of carbonyl (C=O) groups excluding carboxylic acids is 2. The number of carbonyl (C=O) groups is 2. The van der Waals surface area contributed by atoms with Crippen LogP contribution in [0.2, 0.25) is 5.02 Å². The number of benzene rings is 1. The summed E-state index contributed by atoms with van der Waals surface area (Å²) in [6.07, 6.45) is 1.32. The van der Waals surface area contributed by atoms with Crippen molar-refractivity contribution in [2.24, 2.45) is 11.5 Å². The molecule has 0 unspecified atom stereocenters. The van der Waals surface area contributed by atoms with Crippen LogP contribution in [0, 0.1) is 5.82 Å². The number of rotatable bonds is 5. The van der Waals surface area contributed by atoms with Gasteiger partial charge < -0.3 is 16.4 Å². The molecule has 5 nitrogen and oxygen atoms in total. The molecule has 1 aliphatic heterocycles. The molecule has 2 amide bonds. The van der Waals surface area contributed by atoms with Gasteiger partial charge in [0, 0.05) is 35.6 Å². The molecule has 2 rings (SSSR count). The normalized spacial score (nSPS) is 21.1. The van der Waals surface area contributed by atoms with Gasteiger partial charge in [-0.2, -0.15) is 0 Å². The second-order valence-electron chi connectivity index (χ2n) is 5.47. The van der Waals surface area contributed by atoms with Crippen LogP contribution in [0.5, 0.6) is 0 Å². The molecule has 4 N–H and O–H groups in total. The van der Waals surface area contributed by atoms with Crippen molar-refractivity contribution in [2.75, 3.05) is 6.54 Å². The van der Waals surface area contributed by atoms with Crippen molar-refractivity contribution in [3.63, 3.8) is 0 Å². The van der Waals surface area contributed by atoms with Crippen molar-refractivity contribution in [1.29, 1.82) is 0 Å². The topological polar surface area (TPSA) is 89.4 Å². The second-order valence-corrected chi connectivity index (χ2v) is 5.88. The largest absolute Gasteiger partial charge is 0.370 e. The van der Waals surface area contributed by atoms with Gasteiger partial charge in [0.15, 0.2) is 0 Å². The highest BCUT2D eigenvalue weighted by Gasteiger charge is 2.36. The van der Waals surface area contributed by atoms with E-state index in [0.717, 1.165) is 0 Å². The lowest BCUT2D eigenvalue weighted by atomic mass is 10.1. The fourth-order valence-electron chi connectivity index (χ4n) is 2.98. The van der Waals surface area contributed by atoms with Gasteiger partial charge >= 0.3 is 0 Å². The molecule has 0 aliphatic carbocycles. The van der Waals surface area contributed by atoms with Crippen LogP contribution >= 0.6 is 11.6 Å². The average molecular weight is 328 g/mol. The molecule has 22 heavy (non-hydrogen) atoms. The Morgan fingerprint density at radius 1 is 1.32 bits per heavy atom. The lowest BCUT2D eigenvalue weighted by molar-refractivity contribution is -0.134. The minimum absolute atomic E-state index is 0.0905. The molecule has 120 valence electrons. The van der Waals surface area contributed by atoms with Gasteiger partial charge in [-0.05, 0) is 25.0 Å². The van der Waals surface area contributed by atoms with Crippen LogP contribution in [-0.4, -0.2) is 35.3 Å². The maximum Gasteiger partial charge on any atom is 0.227 e. The molecule has 1 aromatic carbocycles. The van der Waals surface area contributed by atoms with E-state index in [-0.39, 0.29) is 41.4 Å². The van der Waals surface area contributed by atoms with E-state index in [0.29, 0.717) is 19.4 Å². The van der Waals surface area contributed by atoms with Gasteiger partial charge in [-0.15, -0.1) is 0 Å². The van der Waals surface area contributed by atoms with Gasteiger partial charge in [-0.25, -0.2) is 4.39 Å². The van der Waals surface area contributed by atoms with Crippen LogP contribution in [0.25, 0.3) is 0 Å². The molecule has 1 aliphatic rings. The summed E-state index contributed by atoms with van der Waals surface area (Å²) in [4.78, 5) is 25.3. The highest BCUT2D eigenvalue weighted by molar-refractivity contribution is 6.31. The summed E-state index contributed by atoms with van der Waals surface area (Å²) in [6.45, 7) is 0.298. The SMILES string of the molecule is NC[C@@H]1CC[C@H](CC(N)=O)N1C(=O)Cc1c(F)cccc1Cl. The third-order valence-corrected chi connectivity index (χ3v) is 4.36. The number of primary amides is 1. The average Bonchev–Trinajstić information content (AvgIpc) is 2.85. The minimum Gasteiger partial charge on any atom is -0.370 e. The van der Waals surface area contributed by atoms with E-state index >= 15 is 0 Å². The smallest absolute Gasteiger partial charge is 0.227 e. The van der Waals surface area contributed by atoms with E-state index in [1.165, 1.54) is 12.1 Å². The number of halogens is 2. The van der Waals surface area contributed by atoms with Gasteiger partial charge in [0.1, 0.15) is 5.82 Å². The van der Waals surface area contributed by atoms with E-state index in [1.807, 2.05) is 0 Å². The first-order valence-electron chi connectivity index (χ1n) is 7.16. The molecule has 0 saturated carbocycles. The van der Waals surface area contributed by atoms with E-state index in [4.69, 9.17) is 23.1 Å². The van der Waals surface area contributed by atoms with E-state index in [2.05, 4.69) is 0 Å². The Labute approximate surface area is 133 Å². The first kappa shape index (κ1) is 16.7. The summed E-state index contributed by atoms with van der Waals surface area (Å²) in [5.41, 5.74) is 11.1. The number of hydrogen-bond donors (Lipinski definition) is 2. The zero-order valence-electron chi connectivity index (χ0n) is 12.1. The zero-order chi connectivity index (χ0) is 16.3. The molecule has 1 fully saturated rings. The lowest BCUT2D eigenvalue weighted by Crippen LogP contribution is -2.46. The summed E-state index contributed by atoms with van der Waals surface area (Å²) in [5, 5.41) is 0.211. The number of likely N-dealkylation sites (tertiary alicyclic amines) is 1. The van der Waals surface area contributed by atoms with Crippen LogP contribution in [0.15, 0.2) is 18.2 Å². The summed E-state index contributed by atoms with van der Waals surface area (Å²) < 4.78 is 13.8. The fourth-order valence-corrected chi connectivity index (χ4v) is 3.21. The first-order chi connectivity index (χ1) is 10.4. The second kappa shape index (κ2) is 7.07. The highest BCUT2D eigenvalue weighted by atomic mass is 35.5. The van der Waals surface area contributed by atoms with Crippen LogP contribution in [-0.2, 0) is 16.0 Å². The summed E-state index contributed by atoms with van der Waals surface area (Å²) >= 11 is 5.96. The molecular formula is C15H19ClFN3O2. The summed E-state index contributed by atoms with van der Waals surface area (Å²) in [6, 6.07) is 3.87. The van der Waals surface area contributed by atoms with Crippen molar-refractivity contribution in [1.82, 2.24) is 4.90 Å². The van der Waals surface area contributed by atoms with Crippen LogP contribution in [0.3, 0.4) is 0 Å². The number of hydrogen-bond acceptors (Lipinski definition) is 3. The van der Waals surface area contributed by atoms with Crippen molar-refractivity contribution < 1.29 is 14.0 Å². The molecule has 2 atom stereocenters. The first-order valence-corrected chi connectivity index (χ1v) is 7.54.